The van der Waals surface area contributed by atoms with Gasteiger partial charge in [0.2, 0.25) is 0 Å². The molecule has 2 heterocycles. The van der Waals surface area contributed by atoms with Gasteiger partial charge >= 0.3 is 0 Å². The summed E-state index contributed by atoms with van der Waals surface area (Å²) >= 11 is 0. The van der Waals surface area contributed by atoms with Crippen LogP contribution >= 0.6 is 0 Å². The maximum Gasteiger partial charge on any atom is 0.122 e. The van der Waals surface area contributed by atoms with Crippen LogP contribution in [0.3, 0.4) is 0 Å². The molecule has 0 spiro atoms. The van der Waals surface area contributed by atoms with Crippen molar-refractivity contribution in [1.29, 1.82) is 0 Å². The second-order valence-electron chi connectivity index (χ2n) is 4.18. The van der Waals surface area contributed by atoms with Crippen LogP contribution in [0.25, 0.3) is 0 Å². The minimum atomic E-state index is 0.463. The van der Waals surface area contributed by atoms with E-state index in [0.717, 1.165) is 38.4 Å². The molecule has 15 heavy (non-hydrogen) atoms. The van der Waals surface area contributed by atoms with Gasteiger partial charge in [-0.3, -0.25) is 0 Å². The fourth-order valence-electron chi connectivity index (χ4n) is 2.31. The van der Waals surface area contributed by atoms with Crippen LogP contribution in [0.15, 0.2) is 18.2 Å². The maximum atomic E-state index is 5.50. The number of rotatable bonds is 1. The van der Waals surface area contributed by atoms with Crippen molar-refractivity contribution in [3.8, 4) is 5.75 Å². The van der Waals surface area contributed by atoms with Crippen molar-refractivity contribution >= 4 is 0 Å². The van der Waals surface area contributed by atoms with E-state index >= 15 is 0 Å². The maximum absolute atomic E-state index is 5.50. The van der Waals surface area contributed by atoms with E-state index in [4.69, 9.17) is 4.74 Å². The highest BCUT2D eigenvalue weighted by Gasteiger charge is 2.18. The number of hydrogen-bond acceptors (Lipinski definition) is 3. The van der Waals surface area contributed by atoms with Gasteiger partial charge in [0.25, 0.3) is 0 Å². The molecule has 0 radical (unpaired) electrons. The van der Waals surface area contributed by atoms with Crippen LogP contribution < -0.4 is 15.4 Å². The zero-order valence-electron chi connectivity index (χ0n) is 8.75. The van der Waals surface area contributed by atoms with Gasteiger partial charge in [0.1, 0.15) is 5.75 Å². The Bertz CT molecular complexity index is 359. The van der Waals surface area contributed by atoms with E-state index in [2.05, 4.69) is 28.8 Å². The lowest BCUT2D eigenvalue weighted by atomic mass is 10.0. The van der Waals surface area contributed by atoms with Gasteiger partial charge in [0.05, 0.1) is 6.61 Å². The van der Waals surface area contributed by atoms with Crippen LogP contribution in [-0.4, -0.2) is 26.2 Å². The van der Waals surface area contributed by atoms with Crippen LogP contribution in [0.5, 0.6) is 5.75 Å². The molecule has 1 fully saturated rings. The Morgan fingerprint density at radius 3 is 3.13 bits per heavy atom. The van der Waals surface area contributed by atoms with Crippen LogP contribution in [0.1, 0.15) is 17.2 Å². The van der Waals surface area contributed by atoms with Crippen LogP contribution in [0, 0.1) is 0 Å². The molecule has 0 bridgehead atoms. The first-order valence-electron chi connectivity index (χ1n) is 5.63. The number of fused-ring (bicyclic) bond motifs is 1. The molecular weight excluding hydrogens is 188 g/mol. The number of hydrogen-bond donors (Lipinski definition) is 2. The van der Waals surface area contributed by atoms with Gasteiger partial charge in [-0.2, -0.15) is 0 Å². The van der Waals surface area contributed by atoms with Gasteiger partial charge in [0.15, 0.2) is 0 Å². The lowest BCUT2D eigenvalue weighted by Crippen LogP contribution is -2.42. The Morgan fingerprint density at radius 1 is 1.27 bits per heavy atom. The van der Waals surface area contributed by atoms with Crippen molar-refractivity contribution in [1.82, 2.24) is 10.6 Å². The Labute approximate surface area is 89.8 Å². The van der Waals surface area contributed by atoms with Gasteiger partial charge in [-0.15, -0.1) is 0 Å². The summed E-state index contributed by atoms with van der Waals surface area (Å²) in [7, 11) is 0. The summed E-state index contributed by atoms with van der Waals surface area (Å²) < 4.78 is 5.50. The molecule has 1 aromatic rings. The summed E-state index contributed by atoms with van der Waals surface area (Å²) in [4.78, 5) is 0. The lowest BCUT2D eigenvalue weighted by Gasteiger charge is -2.25. The normalized spacial score (nSPS) is 24.7. The molecule has 2 aliphatic heterocycles. The van der Waals surface area contributed by atoms with Gasteiger partial charge in [-0.05, 0) is 17.2 Å². The van der Waals surface area contributed by atoms with E-state index < -0.39 is 0 Å². The molecular formula is C12H16N2O. The predicted molar refractivity (Wildman–Crippen MR) is 59.3 cm³/mol. The molecule has 0 saturated carbocycles. The second-order valence-corrected chi connectivity index (χ2v) is 4.18. The Balaban J connectivity index is 1.85. The van der Waals surface area contributed by atoms with Crippen molar-refractivity contribution in [3.05, 3.63) is 29.3 Å². The Kier molecular flexibility index (Phi) is 2.35. The monoisotopic (exact) mass is 204 g/mol. The molecule has 3 nitrogen and oxygen atoms in total. The minimum Gasteiger partial charge on any atom is -0.493 e. The zero-order chi connectivity index (χ0) is 10.1. The van der Waals surface area contributed by atoms with E-state index in [1.165, 1.54) is 11.1 Å². The summed E-state index contributed by atoms with van der Waals surface area (Å²) in [6.07, 6.45) is 1.06. The summed E-state index contributed by atoms with van der Waals surface area (Å²) in [6.45, 7) is 4.00. The van der Waals surface area contributed by atoms with Gasteiger partial charge in [0, 0.05) is 32.1 Å². The first-order chi connectivity index (χ1) is 7.43. The summed E-state index contributed by atoms with van der Waals surface area (Å²) in [5.74, 6) is 1.07. The topological polar surface area (TPSA) is 33.3 Å². The van der Waals surface area contributed by atoms with Crippen LogP contribution in [0.4, 0.5) is 0 Å². The molecule has 0 amide bonds. The lowest BCUT2D eigenvalue weighted by molar-refractivity contribution is 0.356. The zero-order valence-corrected chi connectivity index (χ0v) is 8.75. The van der Waals surface area contributed by atoms with Gasteiger partial charge in [-0.1, -0.05) is 12.1 Å². The number of nitrogens with one attached hydrogen (secondary N) is 2. The average molecular weight is 204 g/mol. The number of ether oxygens (including phenoxy) is 1. The SMILES string of the molecule is c1cc2c(cc1[C@H]1CNCCN1)CCO2. The molecule has 1 aromatic carbocycles. The predicted octanol–water partition coefficient (Wildman–Crippen LogP) is 0.855. The van der Waals surface area contributed by atoms with Crippen molar-refractivity contribution in [2.24, 2.45) is 0 Å². The fraction of sp³-hybridized carbons (Fsp3) is 0.500. The van der Waals surface area contributed by atoms with E-state index in [1.807, 2.05) is 0 Å². The third kappa shape index (κ3) is 1.73. The molecule has 3 rings (SSSR count). The molecule has 0 aliphatic carbocycles. The Morgan fingerprint density at radius 2 is 2.27 bits per heavy atom. The average Bonchev–Trinajstić information content (AvgIpc) is 2.77. The molecule has 2 aliphatic rings. The van der Waals surface area contributed by atoms with Crippen LogP contribution in [0.2, 0.25) is 0 Å². The third-order valence-corrected chi connectivity index (χ3v) is 3.16. The number of piperazine rings is 1. The standard InChI is InChI=1S/C12H16N2O/c1-2-12-10(3-6-15-12)7-9(1)11-8-13-4-5-14-11/h1-2,7,11,13-14H,3-6,8H2/t11-/m1/s1. The van der Waals surface area contributed by atoms with Gasteiger partial charge in [-0.25, -0.2) is 0 Å². The molecule has 0 unspecified atom stereocenters. The van der Waals surface area contributed by atoms with Crippen molar-refractivity contribution < 1.29 is 4.74 Å². The molecule has 1 atom stereocenters. The molecule has 0 aromatic heterocycles. The van der Waals surface area contributed by atoms with Crippen molar-refractivity contribution in [2.45, 2.75) is 12.5 Å². The smallest absolute Gasteiger partial charge is 0.122 e. The molecule has 80 valence electrons. The fourth-order valence-corrected chi connectivity index (χ4v) is 2.31. The second kappa shape index (κ2) is 3.83. The highest BCUT2D eigenvalue weighted by atomic mass is 16.5. The van der Waals surface area contributed by atoms with E-state index in [9.17, 15) is 0 Å². The van der Waals surface area contributed by atoms with E-state index in [0.29, 0.717) is 6.04 Å². The first kappa shape index (κ1) is 9.19. The van der Waals surface area contributed by atoms with Crippen LogP contribution in [-0.2, 0) is 6.42 Å². The molecule has 2 N–H and O–H groups in total. The highest BCUT2D eigenvalue weighted by Crippen LogP contribution is 2.28. The Hall–Kier alpha value is -1.06. The van der Waals surface area contributed by atoms with E-state index in [-0.39, 0.29) is 0 Å². The quantitative estimate of drug-likeness (QED) is 0.711. The molecule has 1 saturated heterocycles. The summed E-state index contributed by atoms with van der Waals surface area (Å²) in [5.41, 5.74) is 2.74. The molecule has 3 heteroatoms. The minimum absolute atomic E-state index is 0.463. The summed E-state index contributed by atoms with van der Waals surface area (Å²) in [5, 5.41) is 6.93. The highest BCUT2D eigenvalue weighted by molar-refractivity contribution is 5.41. The largest absolute Gasteiger partial charge is 0.493 e. The van der Waals surface area contributed by atoms with Crippen molar-refractivity contribution in [3.63, 3.8) is 0 Å². The van der Waals surface area contributed by atoms with Crippen molar-refractivity contribution in [2.75, 3.05) is 26.2 Å². The van der Waals surface area contributed by atoms with E-state index in [1.54, 1.807) is 0 Å². The van der Waals surface area contributed by atoms with Gasteiger partial charge < -0.3 is 15.4 Å². The summed E-state index contributed by atoms with van der Waals surface area (Å²) in [6, 6.07) is 7.03. The number of benzene rings is 1. The first-order valence-corrected chi connectivity index (χ1v) is 5.63. The third-order valence-electron chi connectivity index (χ3n) is 3.16.